The number of carbonyl (C=O) groups excluding carboxylic acids is 1. The molecule has 2 N–H and O–H groups in total. The number of carbonyl (C=O) groups is 1. The maximum absolute atomic E-state index is 12.1. The van der Waals surface area contributed by atoms with Gasteiger partial charge in [0.25, 0.3) is 5.91 Å². The molecular weight excluding hydrogens is 234 g/mol. The van der Waals surface area contributed by atoms with Crippen molar-refractivity contribution in [1.29, 1.82) is 0 Å². The summed E-state index contributed by atoms with van der Waals surface area (Å²) in [6.45, 7) is 7.26. The molecule has 0 saturated heterocycles. The van der Waals surface area contributed by atoms with Gasteiger partial charge in [-0.15, -0.1) is 10.2 Å². The van der Waals surface area contributed by atoms with Crippen molar-refractivity contribution in [3.8, 4) is 0 Å². The Kier molecular flexibility index (Phi) is 3.14. The van der Waals surface area contributed by atoms with Crippen molar-refractivity contribution >= 4 is 5.91 Å². The number of tetrazole rings is 1. The van der Waals surface area contributed by atoms with Gasteiger partial charge < -0.3 is 9.73 Å². The van der Waals surface area contributed by atoms with Gasteiger partial charge in [-0.05, 0) is 27.7 Å². The van der Waals surface area contributed by atoms with Gasteiger partial charge in [0.15, 0.2) is 5.82 Å². The molecule has 2 aromatic heterocycles. The number of furan rings is 1. The van der Waals surface area contributed by atoms with E-state index in [9.17, 15) is 4.79 Å². The minimum Gasteiger partial charge on any atom is -0.466 e. The van der Waals surface area contributed by atoms with Gasteiger partial charge in [0, 0.05) is 5.56 Å². The molecule has 96 valence electrons. The fraction of sp³-hybridized carbons (Fsp3) is 0.455. The first-order valence-corrected chi connectivity index (χ1v) is 5.61. The van der Waals surface area contributed by atoms with Crippen molar-refractivity contribution < 1.29 is 9.21 Å². The van der Waals surface area contributed by atoms with Crippen LogP contribution in [0.4, 0.5) is 0 Å². The van der Waals surface area contributed by atoms with Crippen molar-refractivity contribution in [2.24, 2.45) is 0 Å². The predicted octanol–water partition coefficient (Wildman–Crippen LogP) is 1.21. The van der Waals surface area contributed by atoms with Gasteiger partial charge in [-0.3, -0.25) is 4.79 Å². The van der Waals surface area contributed by atoms with E-state index in [0.717, 1.165) is 11.3 Å². The van der Waals surface area contributed by atoms with Crippen LogP contribution in [0.15, 0.2) is 4.42 Å². The van der Waals surface area contributed by atoms with Gasteiger partial charge in [0.2, 0.25) is 0 Å². The molecule has 1 unspecified atom stereocenters. The van der Waals surface area contributed by atoms with Crippen LogP contribution in [0, 0.1) is 20.8 Å². The molecule has 0 aromatic carbocycles. The Morgan fingerprint density at radius 2 is 2.06 bits per heavy atom. The largest absolute Gasteiger partial charge is 0.466 e. The van der Waals surface area contributed by atoms with E-state index in [1.54, 1.807) is 13.8 Å². The molecule has 2 rings (SSSR count). The first-order valence-electron chi connectivity index (χ1n) is 5.61. The van der Waals surface area contributed by atoms with E-state index in [-0.39, 0.29) is 11.9 Å². The maximum Gasteiger partial charge on any atom is 0.255 e. The number of hydrogen-bond acceptors (Lipinski definition) is 5. The molecule has 7 heteroatoms. The van der Waals surface area contributed by atoms with Crippen molar-refractivity contribution in [2.75, 3.05) is 0 Å². The minimum atomic E-state index is -0.315. The predicted molar refractivity (Wildman–Crippen MR) is 63.0 cm³/mol. The van der Waals surface area contributed by atoms with E-state index in [1.165, 1.54) is 0 Å². The Morgan fingerprint density at radius 3 is 2.56 bits per heavy atom. The topological polar surface area (TPSA) is 96.7 Å². The van der Waals surface area contributed by atoms with Gasteiger partial charge in [-0.2, -0.15) is 5.21 Å². The third-order valence-electron chi connectivity index (χ3n) is 2.89. The molecule has 0 aliphatic carbocycles. The molecule has 0 radical (unpaired) electrons. The monoisotopic (exact) mass is 249 g/mol. The van der Waals surface area contributed by atoms with E-state index >= 15 is 0 Å². The molecule has 0 spiro atoms. The highest BCUT2D eigenvalue weighted by molar-refractivity contribution is 5.97. The molecule has 0 saturated carbocycles. The zero-order valence-corrected chi connectivity index (χ0v) is 10.7. The first kappa shape index (κ1) is 12.3. The van der Waals surface area contributed by atoms with Crippen LogP contribution in [-0.2, 0) is 0 Å². The van der Waals surface area contributed by atoms with Gasteiger partial charge in [-0.25, -0.2) is 0 Å². The summed E-state index contributed by atoms with van der Waals surface area (Å²) in [4.78, 5) is 12.1. The van der Waals surface area contributed by atoms with E-state index < -0.39 is 0 Å². The highest BCUT2D eigenvalue weighted by Gasteiger charge is 2.21. The zero-order chi connectivity index (χ0) is 13.3. The van der Waals surface area contributed by atoms with Gasteiger partial charge in [0.05, 0.1) is 11.6 Å². The molecule has 2 aromatic rings. The normalized spacial score (nSPS) is 12.4. The molecule has 7 nitrogen and oxygen atoms in total. The number of amides is 1. The highest BCUT2D eigenvalue weighted by atomic mass is 16.3. The Bertz CT molecular complexity index is 558. The number of H-pyrrole nitrogens is 1. The summed E-state index contributed by atoms with van der Waals surface area (Å²) in [6, 6.07) is -0.315. The SMILES string of the molecule is Cc1oc(C)c(C(=O)NC(C)c2nn[nH]n2)c1C. The lowest BCUT2D eigenvalue weighted by molar-refractivity contribution is 0.0936. The summed E-state index contributed by atoms with van der Waals surface area (Å²) in [5, 5.41) is 16.3. The third-order valence-corrected chi connectivity index (χ3v) is 2.89. The summed E-state index contributed by atoms with van der Waals surface area (Å²) in [6.07, 6.45) is 0. The van der Waals surface area contributed by atoms with E-state index in [4.69, 9.17) is 4.42 Å². The zero-order valence-electron chi connectivity index (χ0n) is 10.7. The fourth-order valence-electron chi connectivity index (χ4n) is 1.81. The molecule has 2 heterocycles. The first-order chi connectivity index (χ1) is 8.50. The molecule has 0 aliphatic heterocycles. The molecule has 1 atom stereocenters. The highest BCUT2D eigenvalue weighted by Crippen LogP contribution is 2.21. The molecular formula is C11H15N5O2. The van der Waals surface area contributed by atoms with Gasteiger partial charge in [0.1, 0.15) is 11.5 Å². The molecule has 1 amide bonds. The molecule has 0 fully saturated rings. The Hall–Kier alpha value is -2.18. The van der Waals surface area contributed by atoms with E-state index in [2.05, 4.69) is 25.9 Å². The van der Waals surface area contributed by atoms with Gasteiger partial charge >= 0.3 is 0 Å². The number of nitrogens with one attached hydrogen (secondary N) is 2. The van der Waals surface area contributed by atoms with Crippen LogP contribution >= 0.6 is 0 Å². The van der Waals surface area contributed by atoms with Crippen molar-refractivity contribution in [2.45, 2.75) is 33.7 Å². The summed E-state index contributed by atoms with van der Waals surface area (Å²) >= 11 is 0. The molecule has 0 aliphatic rings. The van der Waals surface area contributed by atoms with Crippen LogP contribution in [0.25, 0.3) is 0 Å². The van der Waals surface area contributed by atoms with Crippen LogP contribution in [0.1, 0.15) is 46.2 Å². The Morgan fingerprint density at radius 1 is 1.33 bits per heavy atom. The van der Waals surface area contributed by atoms with Gasteiger partial charge in [-0.1, -0.05) is 5.21 Å². The molecule has 18 heavy (non-hydrogen) atoms. The van der Waals surface area contributed by atoms with Crippen LogP contribution < -0.4 is 5.32 Å². The summed E-state index contributed by atoms with van der Waals surface area (Å²) < 4.78 is 5.43. The second-order valence-corrected chi connectivity index (χ2v) is 4.18. The fourth-order valence-corrected chi connectivity index (χ4v) is 1.81. The molecule has 0 bridgehead atoms. The van der Waals surface area contributed by atoms with Crippen molar-refractivity contribution in [3.05, 3.63) is 28.5 Å². The number of hydrogen-bond donors (Lipinski definition) is 2. The Balaban J connectivity index is 2.17. The lowest BCUT2D eigenvalue weighted by Crippen LogP contribution is -2.28. The van der Waals surface area contributed by atoms with Crippen molar-refractivity contribution in [1.82, 2.24) is 25.9 Å². The lowest BCUT2D eigenvalue weighted by atomic mass is 10.1. The summed E-state index contributed by atoms with van der Waals surface area (Å²) in [5.74, 6) is 1.62. The second-order valence-electron chi connectivity index (χ2n) is 4.18. The average molecular weight is 249 g/mol. The number of aromatic nitrogens is 4. The summed E-state index contributed by atoms with van der Waals surface area (Å²) in [7, 11) is 0. The number of rotatable bonds is 3. The standard InChI is InChI=1S/C11H15N5O2/c1-5-7(3)18-8(4)9(5)11(17)12-6(2)10-13-15-16-14-10/h6H,1-4H3,(H,12,17)(H,13,14,15,16). The third kappa shape index (κ3) is 2.11. The van der Waals surface area contributed by atoms with Crippen molar-refractivity contribution in [3.63, 3.8) is 0 Å². The van der Waals surface area contributed by atoms with E-state index in [0.29, 0.717) is 17.1 Å². The smallest absolute Gasteiger partial charge is 0.255 e. The second kappa shape index (κ2) is 4.59. The van der Waals surface area contributed by atoms with Crippen LogP contribution in [0.2, 0.25) is 0 Å². The maximum atomic E-state index is 12.1. The quantitative estimate of drug-likeness (QED) is 0.852. The number of aryl methyl sites for hydroxylation is 2. The summed E-state index contributed by atoms with van der Waals surface area (Å²) in [5.41, 5.74) is 1.42. The number of nitrogens with zero attached hydrogens (tertiary/aromatic N) is 3. The minimum absolute atomic E-state index is 0.195. The Labute approximate surface area is 104 Å². The lowest BCUT2D eigenvalue weighted by Gasteiger charge is -2.09. The average Bonchev–Trinajstić information content (AvgIpc) is 2.88. The van der Waals surface area contributed by atoms with E-state index in [1.807, 2.05) is 13.8 Å². The van der Waals surface area contributed by atoms with Crippen LogP contribution in [-0.4, -0.2) is 26.5 Å². The van der Waals surface area contributed by atoms with Crippen LogP contribution in [0.5, 0.6) is 0 Å². The van der Waals surface area contributed by atoms with Crippen LogP contribution in [0.3, 0.4) is 0 Å². The number of aromatic amines is 1.